The molecule has 0 fully saturated rings. The monoisotopic (exact) mass is 225 g/mol. The molecule has 0 spiro atoms. The summed E-state index contributed by atoms with van der Waals surface area (Å²) in [5.41, 5.74) is 6.70. The van der Waals surface area contributed by atoms with Gasteiger partial charge in [-0.15, -0.1) is 0 Å². The van der Waals surface area contributed by atoms with Crippen molar-refractivity contribution in [1.29, 1.82) is 0 Å². The van der Waals surface area contributed by atoms with Crippen molar-refractivity contribution in [2.24, 2.45) is 5.73 Å². The van der Waals surface area contributed by atoms with Crippen LogP contribution < -0.4 is 5.73 Å². The molecule has 0 saturated heterocycles. The topological polar surface area (TPSA) is 54.7 Å². The number of hydrogen-bond acceptors (Lipinski definition) is 2. The molecule has 0 aliphatic rings. The Bertz CT molecular complexity index is 468. The van der Waals surface area contributed by atoms with Crippen LogP contribution in [0.5, 0.6) is 0 Å². The van der Waals surface area contributed by atoms with Crippen molar-refractivity contribution in [2.45, 2.75) is 25.8 Å². The predicted molar refractivity (Wildman–Crippen MR) is 58.0 cm³/mol. The van der Waals surface area contributed by atoms with Gasteiger partial charge < -0.3 is 10.7 Å². The van der Waals surface area contributed by atoms with Gasteiger partial charge in [-0.05, 0) is 6.42 Å². The van der Waals surface area contributed by atoms with E-state index in [4.69, 9.17) is 5.73 Å². The molecule has 0 amide bonds. The van der Waals surface area contributed by atoms with Crippen LogP contribution in [0.3, 0.4) is 0 Å². The molecule has 1 aromatic heterocycles. The first kappa shape index (κ1) is 11.0. The number of rotatable bonds is 3. The first-order valence-electron chi connectivity index (χ1n) is 5.19. The fraction of sp³-hybridized carbons (Fsp3) is 0.364. The van der Waals surface area contributed by atoms with E-state index in [1.54, 1.807) is 0 Å². The van der Waals surface area contributed by atoms with Crippen LogP contribution in [-0.4, -0.2) is 16.0 Å². The summed E-state index contributed by atoms with van der Waals surface area (Å²) >= 11 is 0. The standard InChI is InChI=1S/C11H13F2N3/c1-2-6(14)3-11-15-9-4-7(12)8(13)5-10(9)16-11/h4-6H,2-3,14H2,1H3,(H,15,16). The first-order chi connectivity index (χ1) is 7.60. The van der Waals surface area contributed by atoms with E-state index in [0.717, 1.165) is 18.6 Å². The highest BCUT2D eigenvalue weighted by Gasteiger charge is 2.10. The maximum absolute atomic E-state index is 12.9. The Morgan fingerprint density at radius 1 is 1.38 bits per heavy atom. The number of imidazole rings is 1. The minimum Gasteiger partial charge on any atom is -0.342 e. The van der Waals surface area contributed by atoms with Crippen LogP contribution in [0.15, 0.2) is 12.1 Å². The lowest BCUT2D eigenvalue weighted by atomic mass is 10.2. The largest absolute Gasteiger partial charge is 0.342 e. The van der Waals surface area contributed by atoms with E-state index in [0.29, 0.717) is 23.3 Å². The molecule has 0 saturated carbocycles. The minimum atomic E-state index is -0.884. The van der Waals surface area contributed by atoms with Crippen molar-refractivity contribution in [1.82, 2.24) is 9.97 Å². The molecular weight excluding hydrogens is 212 g/mol. The molecule has 1 unspecified atom stereocenters. The molecule has 2 rings (SSSR count). The van der Waals surface area contributed by atoms with E-state index in [9.17, 15) is 8.78 Å². The Morgan fingerprint density at radius 3 is 2.75 bits per heavy atom. The lowest BCUT2D eigenvalue weighted by Gasteiger charge is -2.04. The highest BCUT2D eigenvalue weighted by atomic mass is 19.2. The second kappa shape index (κ2) is 4.17. The van der Waals surface area contributed by atoms with Gasteiger partial charge in [0.2, 0.25) is 0 Å². The van der Waals surface area contributed by atoms with Crippen molar-refractivity contribution in [3.05, 3.63) is 29.6 Å². The number of aromatic amines is 1. The van der Waals surface area contributed by atoms with Gasteiger partial charge in [-0.25, -0.2) is 13.8 Å². The molecule has 3 nitrogen and oxygen atoms in total. The highest BCUT2D eigenvalue weighted by molar-refractivity contribution is 5.75. The number of nitrogens with two attached hydrogens (primary N) is 1. The van der Waals surface area contributed by atoms with Crippen LogP contribution in [0.25, 0.3) is 11.0 Å². The van der Waals surface area contributed by atoms with E-state index in [1.807, 2.05) is 6.92 Å². The Balaban J connectivity index is 2.36. The lowest BCUT2D eigenvalue weighted by Crippen LogP contribution is -2.21. The molecule has 86 valence electrons. The van der Waals surface area contributed by atoms with Gasteiger partial charge in [-0.1, -0.05) is 6.92 Å². The smallest absolute Gasteiger partial charge is 0.161 e. The van der Waals surface area contributed by atoms with Gasteiger partial charge in [0, 0.05) is 24.6 Å². The second-order valence-electron chi connectivity index (χ2n) is 3.84. The van der Waals surface area contributed by atoms with Crippen LogP contribution in [0.4, 0.5) is 8.78 Å². The molecule has 1 atom stereocenters. The van der Waals surface area contributed by atoms with Crippen LogP contribution in [0, 0.1) is 11.6 Å². The number of fused-ring (bicyclic) bond motifs is 1. The molecule has 1 aromatic carbocycles. The maximum atomic E-state index is 12.9. The number of aromatic nitrogens is 2. The van der Waals surface area contributed by atoms with Gasteiger partial charge in [-0.2, -0.15) is 0 Å². The van der Waals surface area contributed by atoms with Crippen molar-refractivity contribution in [3.63, 3.8) is 0 Å². The van der Waals surface area contributed by atoms with E-state index in [2.05, 4.69) is 9.97 Å². The van der Waals surface area contributed by atoms with Crippen LogP contribution in [-0.2, 0) is 6.42 Å². The van der Waals surface area contributed by atoms with E-state index >= 15 is 0 Å². The highest BCUT2D eigenvalue weighted by Crippen LogP contribution is 2.16. The number of H-pyrrole nitrogens is 1. The Morgan fingerprint density at radius 2 is 2.06 bits per heavy atom. The summed E-state index contributed by atoms with van der Waals surface area (Å²) in [6.45, 7) is 1.98. The zero-order valence-electron chi connectivity index (χ0n) is 8.93. The van der Waals surface area contributed by atoms with Gasteiger partial charge in [0.25, 0.3) is 0 Å². The zero-order valence-corrected chi connectivity index (χ0v) is 8.93. The van der Waals surface area contributed by atoms with Gasteiger partial charge in [0.05, 0.1) is 11.0 Å². The molecule has 5 heteroatoms. The summed E-state index contributed by atoms with van der Waals surface area (Å²) < 4.78 is 25.9. The average molecular weight is 225 g/mol. The second-order valence-corrected chi connectivity index (χ2v) is 3.84. The fourth-order valence-electron chi connectivity index (χ4n) is 1.55. The molecule has 0 radical (unpaired) electrons. The molecule has 16 heavy (non-hydrogen) atoms. The van der Waals surface area contributed by atoms with E-state index in [-0.39, 0.29) is 6.04 Å². The van der Waals surface area contributed by atoms with Gasteiger partial charge in [-0.3, -0.25) is 0 Å². The van der Waals surface area contributed by atoms with E-state index in [1.165, 1.54) is 0 Å². The molecule has 1 heterocycles. The molecule has 2 aromatic rings. The number of halogens is 2. The molecule has 3 N–H and O–H groups in total. The van der Waals surface area contributed by atoms with Crippen LogP contribution in [0.2, 0.25) is 0 Å². The molecular formula is C11H13F2N3. The summed E-state index contributed by atoms with van der Waals surface area (Å²) in [5, 5.41) is 0. The zero-order chi connectivity index (χ0) is 11.7. The quantitative estimate of drug-likeness (QED) is 0.840. The number of nitrogens with zero attached hydrogens (tertiary/aromatic N) is 1. The van der Waals surface area contributed by atoms with Crippen LogP contribution >= 0.6 is 0 Å². The third-order valence-electron chi connectivity index (χ3n) is 2.55. The number of benzene rings is 1. The Labute approximate surface area is 91.7 Å². The van der Waals surface area contributed by atoms with Crippen molar-refractivity contribution in [2.75, 3.05) is 0 Å². The number of nitrogens with one attached hydrogen (secondary N) is 1. The van der Waals surface area contributed by atoms with Gasteiger partial charge in [0.15, 0.2) is 11.6 Å². The molecule has 0 aliphatic carbocycles. The first-order valence-corrected chi connectivity index (χ1v) is 5.19. The van der Waals surface area contributed by atoms with Crippen molar-refractivity contribution >= 4 is 11.0 Å². The lowest BCUT2D eigenvalue weighted by molar-refractivity contribution is 0.510. The van der Waals surface area contributed by atoms with E-state index < -0.39 is 11.6 Å². The molecule has 0 aliphatic heterocycles. The normalized spacial score (nSPS) is 13.2. The Hall–Kier alpha value is -1.49. The molecule has 0 bridgehead atoms. The maximum Gasteiger partial charge on any atom is 0.161 e. The van der Waals surface area contributed by atoms with Crippen molar-refractivity contribution in [3.8, 4) is 0 Å². The average Bonchev–Trinajstić information content (AvgIpc) is 2.60. The van der Waals surface area contributed by atoms with Crippen LogP contribution in [0.1, 0.15) is 19.2 Å². The van der Waals surface area contributed by atoms with Crippen molar-refractivity contribution < 1.29 is 8.78 Å². The predicted octanol–water partition coefficient (Wildman–Crippen LogP) is 2.12. The minimum absolute atomic E-state index is 0.00950. The third-order valence-corrected chi connectivity index (χ3v) is 2.55. The van der Waals surface area contributed by atoms with Gasteiger partial charge >= 0.3 is 0 Å². The summed E-state index contributed by atoms with van der Waals surface area (Å²) in [4.78, 5) is 7.09. The van der Waals surface area contributed by atoms with Gasteiger partial charge in [0.1, 0.15) is 5.82 Å². The summed E-state index contributed by atoms with van der Waals surface area (Å²) in [6, 6.07) is 2.20. The summed E-state index contributed by atoms with van der Waals surface area (Å²) in [5.74, 6) is -1.10. The summed E-state index contributed by atoms with van der Waals surface area (Å²) in [6.07, 6.45) is 1.41. The number of hydrogen-bond donors (Lipinski definition) is 2. The fourth-order valence-corrected chi connectivity index (χ4v) is 1.55. The Kier molecular flexibility index (Phi) is 2.87. The SMILES string of the molecule is CCC(N)Cc1nc2cc(F)c(F)cc2[nH]1. The third kappa shape index (κ3) is 2.04. The summed E-state index contributed by atoms with van der Waals surface area (Å²) in [7, 11) is 0.